The number of thiophene rings is 1. The van der Waals surface area contributed by atoms with Gasteiger partial charge in [-0.05, 0) is 29.5 Å². The number of fused-ring (bicyclic) bond motifs is 1. The van der Waals surface area contributed by atoms with Crippen molar-refractivity contribution in [3.8, 4) is 17.2 Å². The molecular weight excluding hydrogens is 369 g/mol. The van der Waals surface area contributed by atoms with Crippen LogP contribution >= 0.6 is 22.9 Å². The van der Waals surface area contributed by atoms with Gasteiger partial charge in [0.15, 0.2) is 0 Å². The van der Waals surface area contributed by atoms with Gasteiger partial charge < -0.3 is 14.6 Å². The molecule has 128 valence electrons. The molecule has 3 rings (SSSR count). The third-order valence-corrected chi connectivity index (χ3v) is 4.49. The van der Waals surface area contributed by atoms with Crippen LogP contribution in [0.3, 0.4) is 0 Å². The van der Waals surface area contributed by atoms with E-state index in [2.05, 4.69) is 0 Å². The van der Waals surface area contributed by atoms with Crippen LogP contribution in [0.15, 0.2) is 29.0 Å². The zero-order chi connectivity index (χ0) is 17.5. The molecule has 2 aromatic rings. The van der Waals surface area contributed by atoms with E-state index in [0.717, 1.165) is 0 Å². The van der Waals surface area contributed by atoms with E-state index in [9.17, 15) is 18.0 Å². The van der Waals surface area contributed by atoms with Crippen molar-refractivity contribution in [3.05, 3.63) is 39.5 Å². The maximum atomic E-state index is 13.1. The number of halogens is 4. The SMILES string of the molecule is O=C(O)C1Cc2cc(Cl)c(Oc3ccsc3)cc2OC1C(F)(F)F. The van der Waals surface area contributed by atoms with Gasteiger partial charge in [-0.2, -0.15) is 13.2 Å². The second-order valence-electron chi connectivity index (χ2n) is 5.18. The fourth-order valence-electron chi connectivity index (χ4n) is 2.44. The highest BCUT2D eigenvalue weighted by molar-refractivity contribution is 7.08. The zero-order valence-corrected chi connectivity index (χ0v) is 13.4. The molecule has 2 atom stereocenters. The van der Waals surface area contributed by atoms with Crippen LogP contribution in [0.4, 0.5) is 13.2 Å². The zero-order valence-electron chi connectivity index (χ0n) is 11.8. The highest BCUT2D eigenvalue weighted by Gasteiger charge is 2.52. The Bertz CT molecular complexity index is 761. The van der Waals surface area contributed by atoms with Crippen LogP contribution in [0.25, 0.3) is 0 Å². The molecule has 1 aromatic carbocycles. The lowest BCUT2D eigenvalue weighted by molar-refractivity contribution is -0.217. The summed E-state index contributed by atoms with van der Waals surface area (Å²) in [5, 5.41) is 12.7. The number of carboxylic acid groups (broad SMARTS) is 1. The van der Waals surface area contributed by atoms with Crippen LogP contribution in [-0.2, 0) is 11.2 Å². The van der Waals surface area contributed by atoms with Crippen molar-refractivity contribution < 1.29 is 32.5 Å². The Labute approximate surface area is 143 Å². The van der Waals surface area contributed by atoms with Crippen molar-refractivity contribution in [1.29, 1.82) is 0 Å². The fraction of sp³-hybridized carbons (Fsp3) is 0.267. The molecule has 0 spiro atoms. The second kappa shape index (κ2) is 6.18. The van der Waals surface area contributed by atoms with Crippen molar-refractivity contribution in [2.24, 2.45) is 5.92 Å². The van der Waals surface area contributed by atoms with E-state index < -0.39 is 24.2 Å². The summed E-state index contributed by atoms with van der Waals surface area (Å²) < 4.78 is 49.7. The summed E-state index contributed by atoms with van der Waals surface area (Å²) in [6.45, 7) is 0. The van der Waals surface area contributed by atoms with Gasteiger partial charge in [-0.1, -0.05) is 11.6 Å². The number of carbonyl (C=O) groups is 1. The molecule has 2 heterocycles. The summed E-state index contributed by atoms with van der Waals surface area (Å²) in [5.41, 5.74) is 0.297. The second-order valence-corrected chi connectivity index (χ2v) is 6.37. The highest BCUT2D eigenvalue weighted by atomic mass is 35.5. The third kappa shape index (κ3) is 3.29. The number of carboxylic acids is 1. The molecule has 4 nitrogen and oxygen atoms in total. The van der Waals surface area contributed by atoms with Gasteiger partial charge in [0.05, 0.1) is 5.02 Å². The predicted molar refractivity (Wildman–Crippen MR) is 81.1 cm³/mol. The molecule has 1 aliphatic heterocycles. The largest absolute Gasteiger partial charge is 0.481 e. The highest BCUT2D eigenvalue weighted by Crippen LogP contribution is 2.43. The summed E-state index contributed by atoms with van der Waals surface area (Å²) in [6, 6.07) is 4.31. The third-order valence-electron chi connectivity index (χ3n) is 3.54. The molecule has 1 N–H and O–H groups in total. The van der Waals surface area contributed by atoms with Gasteiger partial charge in [-0.3, -0.25) is 4.79 Å². The first-order valence-corrected chi connectivity index (χ1v) is 8.06. The van der Waals surface area contributed by atoms with Gasteiger partial charge in [-0.15, -0.1) is 11.3 Å². The molecule has 0 fully saturated rings. The fourth-order valence-corrected chi connectivity index (χ4v) is 3.21. The molecule has 0 radical (unpaired) electrons. The van der Waals surface area contributed by atoms with Crippen molar-refractivity contribution in [2.45, 2.75) is 18.7 Å². The average Bonchev–Trinajstić information content (AvgIpc) is 2.98. The van der Waals surface area contributed by atoms with Crippen molar-refractivity contribution >= 4 is 28.9 Å². The summed E-state index contributed by atoms with van der Waals surface area (Å²) in [7, 11) is 0. The van der Waals surface area contributed by atoms with Crippen LogP contribution in [0.2, 0.25) is 5.02 Å². The Balaban J connectivity index is 1.96. The van der Waals surface area contributed by atoms with Gasteiger partial charge in [0.1, 0.15) is 23.2 Å². The molecular formula is C15H10ClF3O4S. The van der Waals surface area contributed by atoms with E-state index in [1.807, 2.05) is 0 Å². The summed E-state index contributed by atoms with van der Waals surface area (Å²) in [5.74, 6) is -2.74. The Morgan fingerprint density at radius 2 is 2.17 bits per heavy atom. The minimum atomic E-state index is -4.80. The smallest absolute Gasteiger partial charge is 0.426 e. The topological polar surface area (TPSA) is 55.8 Å². The monoisotopic (exact) mass is 378 g/mol. The average molecular weight is 379 g/mol. The van der Waals surface area contributed by atoms with Gasteiger partial charge in [0.2, 0.25) is 6.10 Å². The molecule has 0 saturated heterocycles. The molecule has 0 saturated carbocycles. The lowest BCUT2D eigenvalue weighted by Gasteiger charge is -2.32. The van der Waals surface area contributed by atoms with Crippen LogP contribution in [0.5, 0.6) is 17.2 Å². The lowest BCUT2D eigenvalue weighted by atomic mass is 9.90. The first-order chi connectivity index (χ1) is 11.3. The van der Waals surface area contributed by atoms with E-state index in [1.54, 1.807) is 16.8 Å². The van der Waals surface area contributed by atoms with E-state index in [4.69, 9.17) is 26.2 Å². The van der Waals surface area contributed by atoms with Crippen LogP contribution in [0.1, 0.15) is 5.56 Å². The maximum Gasteiger partial charge on any atom is 0.426 e. The first-order valence-electron chi connectivity index (χ1n) is 6.74. The van der Waals surface area contributed by atoms with E-state index in [-0.39, 0.29) is 22.9 Å². The molecule has 0 amide bonds. The minimum absolute atomic E-state index is 0.0792. The Morgan fingerprint density at radius 1 is 1.42 bits per heavy atom. The summed E-state index contributed by atoms with van der Waals surface area (Å²) in [6.07, 6.45) is -7.54. The number of hydrogen-bond donors (Lipinski definition) is 1. The number of benzene rings is 1. The molecule has 0 aliphatic carbocycles. The summed E-state index contributed by atoms with van der Waals surface area (Å²) in [4.78, 5) is 11.1. The molecule has 24 heavy (non-hydrogen) atoms. The minimum Gasteiger partial charge on any atom is -0.481 e. The first kappa shape index (κ1) is 16.9. The van der Waals surface area contributed by atoms with Crippen LogP contribution in [-0.4, -0.2) is 23.4 Å². The van der Waals surface area contributed by atoms with Crippen LogP contribution in [0, 0.1) is 5.92 Å². The van der Waals surface area contributed by atoms with Gasteiger partial charge in [0.25, 0.3) is 0 Å². The maximum absolute atomic E-state index is 13.1. The predicted octanol–water partition coefficient (Wildman–Crippen LogP) is 4.76. The molecule has 1 aromatic heterocycles. The Morgan fingerprint density at radius 3 is 2.75 bits per heavy atom. The number of ether oxygens (including phenoxy) is 2. The number of aliphatic carboxylic acids is 1. The molecule has 2 unspecified atom stereocenters. The normalized spacial score (nSPS) is 20.2. The lowest BCUT2D eigenvalue weighted by Crippen LogP contribution is -2.47. The molecule has 9 heteroatoms. The van der Waals surface area contributed by atoms with Crippen molar-refractivity contribution in [1.82, 2.24) is 0 Å². The number of hydrogen-bond acceptors (Lipinski definition) is 4. The Kier molecular flexibility index (Phi) is 4.35. The van der Waals surface area contributed by atoms with Gasteiger partial charge in [0, 0.05) is 11.4 Å². The van der Waals surface area contributed by atoms with E-state index >= 15 is 0 Å². The Hall–Kier alpha value is -1.93. The van der Waals surface area contributed by atoms with Gasteiger partial charge in [-0.25, -0.2) is 0 Å². The van der Waals surface area contributed by atoms with Gasteiger partial charge >= 0.3 is 12.1 Å². The quantitative estimate of drug-likeness (QED) is 0.836. The van der Waals surface area contributed by atoms with Crippen molar-refractivity contribution in [3.63, 3.8) is 0 Å². The standard InChI is InChI=1S/C15H10ClF3O4S/c16-10-4-7-3-9(14(20)21)13(15(17,18)19)23-11(7)5-12(10)22-8-1-2-24-6-8/h1-2,4-6,9,13H,3H2,(H,20,21). The molecule has 1 aliphatic rings. The number of rotatable bonds is 3. The van der Waals surface area contributed by atoms with Crippen LogP contribution < -0.4 is 9.47 Å². The van der Waals surface area contributed by atoms with E-state index in [0.29, 0.717) is 11.3 Å². The van der Waals surface area contributed by atoms with E-state index in [1.165, 1.54) is 23.5 Å². The summed E-state index contributed by atoms with van der Waals surface area (Å²) >= 11 is 7.47. The number of alkyl halides is 3. The molecule has 0 bridgehead atoms. The van der Waals surface area contributed by atoms with Crippen molar-refractivity contribution in [2.75, 3.05) is 0 Å².